The molecule has 0 bridgehead atoms. The molecule has 0 fully saturated rings. The van der Waals surface area contributed by atoms with E-state index in [1.54, 1.807) is 22.9 Å². The van der Waals surface area contributed by atoms with Crippen molar-refractivity contribution in [3.05, 3.63) is 102 Å². The summed E-state index contributed by atoms with van der Waals surface area (Å²) in [7, 11) is 0. The molecule has 1 amide bonds. The minimum atomic E-state index is -0.119. The third-order valence-corrected chi connectivity index (χ3v) is 5.52. The largest absolute Gasteiger partial charge is 0.486 e. The minimum Gasteiger partial charge on any atom is -0.486 e. The van der Waals surface area contributed by atoms with Crippen LogP contribution in [0.15, 0.2) is 89.2 Å². The molecular weight excluding hydrogens is 370 g/mol. The Bertz CT molecular complexity index is 937. The Morgan fingerprint density at radius 3 is 2.39 bits per heavy atom. The molecule has 1 aliphatic rings. The van der Waals surface area contributed by atoms with Gasteiger partial charge in [-0.1, -0.05) is 60.7 Å². The van der Waals surface area contributed by atoms with Crippen molar-refractivity contribution in [3.63, 3.8) is 0 Å². The predicted octanol–water partition coefficient (Wildman–Crippen LogP) is 4.94. The fourth-order valence-corrected chi connectivity index (χ4v) is 4.07. The number of ether oxygens (including phenoxy) is 1. The first kappa shape index (κ1) is 18.4. The van der Waals surface area contributed by atoms with E-state index in [1.165, 1.54) is 0 Å². The zero-order valence-corrected chi connectivity index (χ0v) is 16.2. The van der Waals surface area contributed by atoms with Crippen molar-refractivity contribution in [2.45, 2.75) is 13.1 Å². The number of carbonyl (C=O) groups excluding carboxylic acids is 1. The molecule has 0 aliphatic carbocycles. The molecule has 0 atom stereocenters. The van der Waals surface area contributed by atoms with E-state index in [0.717, 1.165) is 27.5 Å². The van der Waals surface area contributed by atoms with Gasteiger partial charge >= 0.3 is 0 Å². The van der Waals surface area contributed by atoms with E-state index in [4.69, 9.17) is 9.15 Å². The normalized spacial score (nSPS) is 13.9. The van der Waals surface area contributed by atoms with E-state index in [-0.39, 0.29) is 5.91 Å². The van der Waals surface area contributed by atoms with Gasteiger partial charge in [0.05, 0.1) is 24.3 Å². The molecule has 0 unspecified atom stereocenters. The topological polar surface area (TPSA) is 42.7 Å². The summed E-state index contributed by atoms with van der Waals surface area (Å²) in [4.78, 5) is 16.2. The summed E-state index contributed by atoms with van der Waals surface area (Å²) in [5.41, 5.74) is 2.07. The summed E-state index contributed by atoms with van der Waals surface area (Å²) in [5.74, 6) is 1.88. The maximum atomic E-state index is 13.5. The molecule has 142 valence electrons. The van der Waals surface area contributed by atoms with Gasteiger partial charge in [0.1, 0.15) is 5.76 Å². The summed E-state index contributed by atoms with van der Waals surface area (Å²) in [6, 6.07) is 23.6. The molecule has 1 aromatic heterocycles. The highest BCUT2D eigenvalue weighted by Gasteiger charge is 2.28. The van der Waals surface area contributed by atoms with Crippen molar-refractivity contribution < 1.29 is 13.9 Å². The fraction of sp³-hybridized carbons (Fsp3) is 0.174. The first-order valence-electron chi connectivity index (χ1n) is 9.22. The second kappa shape index (κ2) is 8.85. The highest BCUT2D eigenvalue weighted by Crippen LogP contribution is 2.35. The van der Waals surface area contributed by atoms with Crippen LogP contribution in [0, 0.1) is 0 Å². The first-order chi connectivity index (χ1) is 13.8. The van der Waals surface area contributed by atoms with Gasteiger partial charge in [0.25, 0.3) is 5.91 Å². The van der Waals surface area contributed by atoms with Gasteiger partial charge in [-0.25, -0.2) is 0 Å². The lowest BCUT2D eigenvalue weighted by Gasteiger charge is -2.27. The van der Waals surface area contributed by atoms with Crippen LogP contribution in [-0.4, -0.2) is 23.2 Å². The Labute approximate surface area is 168 Å². The van der Waals surface area contributed by atoms with E-state index >= 15 is 0 Å². The van der Waals surface area contributed by atoms with Crippen molar-refractivity contribution in [3.8, 4) is 0 Å². The van der Waals surface area contributed by atoms with E-state index < -0.39 is 0 Å². The van der Waals surface area contributed by atoms with Gasteiger partial charge in [-0.3, -0.25) is 4.79 Å². The lowest BCUT2D eigenvalue weighted by molar-refractivity contribution is -0.132. The minimum absolute atomic E-state index is 0.119. The lowest BCUT2D eigenvalue weighted by atomic mass is 10.1. The summed E-state index contributed by atoms with van der Waals surface area (Å²) in [5, 5.41) is 0. The van der Waals surface area contributed by atoms with Crippen molar-refractivity contribution in [2.75, 3.05) is 12.4 Å². The average Bonchev–Trinajstić information content (AvgIpc) is 3.27. The molecule has 0 spiro atoms. The second-order valence-corrected chi connectivity index (χ2v) is 7.55. The smallest absolute Gasteiger partial charge is 0.290 e. The molecule has 4 rings (SSSR count). The molecule has 2 heterocycles. The highest BCUT2D eigenvalue weighted by atomic mass is 32.2. The van der Waals surface area contributed by atoms with Crippen LogP contribution >= 0.6 is 11.8 Å². The van der Waals surface area contributed by atoms with Crippen LogP contribution in [0.1, 0.15) is 16.9 Å². The third-order valence-electron chi connectivity index (χ3n) is 4.44. The molecule has 4 nitrogen and oxygen atoms in total. The number of rotatable bonds is 6. The molecular formula is C23H21NO3S. The van der Waals surface area contributed by atoms with Gasteiger partial charge < -0.3 is 14.1 Å². The molecule has 0 N–H and O–H groups in total. The number of carbonyl (C=O) groups is 1. The van der Waals surface area contributed by atoms with E-state index in [2.05, 4.69) is 0 Å². The SMILES string of the molecule is O=C(C1=C(c2ccccc2)SCCO1)N(Cc1ccccc1)Cc1ccco1. The maximum absolute atomic E-state index is 13.5. The van der Waals surface area contributed by atoms with E-state index in [9.17, 15) is 4.79 Å². The highest BCUT2D eigenvalue weighted by molar-refractivity contribution is 8.08. The van der Waals surface area contributed by atoms with Gasteiger partial charge in [-0.05, 0) is 23.3 Å². The maximum Gasteiger partial charge on any atom is 0.290 e. The van der Waals surface area contributed by atoms with Gasteiger partial charge in [-0.2, -0.15) is 0 Å². The monoisotopic (exact) mass is 391 g/mol. The second-order valence-electron chi connectivity index (χ2n) is 6.45. The van der Waals surface area contributed by atoms with Gasteiger partial charge in [0.15, 0.2) is 5.76 Å². The zero-order chi connectivity index (χ0) is 19.2. The van der Waals surface area contributed by atoms with Crippen molar-refractivity contribution in [2.24, 2.45) is 0 Å². The summed E-state index contributed by atoms with van der Waals surface area (Å²) < 4.78 is 11.4. The van der Waals surface area contributed by atoms with Crippen LogP contribution in [0.25, 0.3) is 4.91 Å². The third kappa shape index (κ3) is 4.31. The Morgan fingerprint density at radius 1 is 0.929 bits per heavy atom. The van der Waals surface area contributed by atoms with Crippen LogP contribution in [0.4, 0.5) is 0 Å². The summed E-state index contributed by atoms with van der Waals surface area (Å²) >= 11 is 1.67. The van der Waals surface area contributed by atoms with Crippen LogP contribution in [0.2, 0.25) is 0 Å². The van der Waals surface area contributed by atoms with Gasteiger partial charge in [-0.15, -0.1) is 11.8 Å². The molecule has 0 saturated heterocycles. The standard InChI is InChI=1S/C23H21NO3S/c25-23(21-22(28-15-14-27-21)19-10-5-2-6-11-19)24(17-20-12-7-13-26-20)16-18-8-3-1-4-9-18/h1-13H,14-17H2. The zero-order valence-electron chi connectivity index (χ0n) is 15.4. The Hall–Kier alpha value is -2.92. The molecule has 0 saturated carbocycles. The molecule has 28 heavy (non-hydrogen) atoms. The van der Waals surface area contributed by atoms with Crippen LogP contribution in [0.5, 0.6) is 0 Å². The molecule has 3 aromatic rings. The number of hydrogen-bond donors (Lipinski definition) is 0. The summed E-state index contributed by atoms with van der Waals surface area (Å²) in [6.45, 7) is 1.41. The van der Waals surface area contributed by atoms with Crippen molar-refractivity contribution >= 4 is 22.6 Å². The first-order valence-corrected chi connectivity index (χ1v) is 10.2. The molecule has 0 radical (unpaired) electrons. The van der Waals surface area contributed by atoms with Gasteiger partial charge in [0, 0.05) is 12.3 Å². The number of thioether (sulfide) groups is 1. The Kier molecular flexibility index (Phi) is 5.83. The number of amides is 1. The number of hydrogen-bond acceptors (Lipinski definition) is 4. The van der Waals surface area contributed by atoms with Crippen LogP contribution < -0.4 is 0 Å². The number of nitrogens with zero attached hydrogens (tertiary/aromatic N) is 1. The van der Waals surface area contributed by atoms with E-state index in [0.29, 0.717) is 25.5 Å². The summed E-state index contributed by atoms with van der Waals surface area (Å²) in [6.07, 6.45) is 1.63. The van der Waals surface area contributed by atoms with Crippen LogP contribution in [0.3, 0.4) is 0 Å². The fourth-order valence-electron chi connectivity index (χ4n) is 3.12. The molecule has 1 aliphatic heterocycles. The van der Waals surface area contributed by atoms with Crippen LogP contribution in [-0.2, 0) is 22.6 Å². The molecule has 2 aromatic carbocycles. The lowest BCUT2D eigenvalue weighted by Crippen LogP contribution is -2.33. The quantitative estimate of drug-likeness (QED) is 0.597. The average molecular weight is 391 g/mol. The van der Waals surface area contributed by atoms with Crippen molar-refractivity contribution in [1.29, 1.82) is 0 Å². The van der Waals surface area contributed by atoms with Crippen molar-refractivity contribution in [1.82, 2.24) is 4.90 Å². The number of furan rings is 1. The predicted molar refractivity (Wildman–Crippen MR) is 111 cm³/mol. The Balaban J connectivity index is 1.67. The Morgan fingerprint density at radius 2 is 1.68 bits per heavy atom. The molecule has 5 heteroatoms. The van der Waals surface area contributed by atoms with E-state index in [1.807, 2.05) is 72.8 Å². The number of benzene rings is 2. The van der Waals surface area contributed by atoms with Gasteiger partial charge in [0.2, 0.25) is 0 Å².